The minimum Gasteiger partial charge on any atom is -0.341 e. The third-order valence-electron chi connectivity index (χ3n) is 2.35. The molecule has 0 N–H and O–H groups in total. The maximum absolute atomic E-state index is 5.40. The maximum atomic E-state index is 5.40. The van der Waals surface area contributed by atoms with Crippen molar-refractivity contribution in [3.05, 3.63) is 35.9 Å². The molecule has 0 bridgehead atoms. The molecular weight excluding hydrogens is 208 g/mol. The van der Waals surface area contributed by atoms with Crippen molar-refractivity contribution in [2.24, 2.45) is 0 Å². The standard InChI is InChI=1S/C11H14N2OS/c1-12-8-14-9-13(11(12)15)7-10-5-3-2-4-6-10/h2-6H,7-9H2,1H3. The van der Waals surface area contributed by atoms with Crippen LogP contribution in [0.5, 0.6) is 0 Å². The molecule has 0 spiro atoms. The lowest BCUT2D eigenvalue weighted by molar-refractivity contribution is -0.0175. The third kappa shape index (κ3) is 2.46. The second kappa shape index (κ2) is 4.59. The van der Waals surface area contributed by atoms with Gasteiger partial charge < -0.3 is 14.5 Å². The average molecular weight is 222 g/mol. The van der Waals surface area contributed by atoms with Crippen molar-refractivity contribution in [1.29, 1.82) is 0 Å². The van der Waals surface area contributed by atoms with E-state index in [2.05, 4.69) is 12.1 Å². The van der Waals surface area contributed by atoms with Crippen LogP contribution in [0.15, 0.2) is 30.3 Å². The lowest BCUT2D eigenvalue weighted by atomic mass is 10.2. The molecule has 0 aliphatic carbocycles. The molecule has 80 valence electrons. The fourth-order valence-electron chi connectivity index (χ4n) is 1.56. The Kier molecular flexibility index (Phi) is 3.18. The quantitative estimate of drug-likeness (QED) is 0.707. The molecular formula is C11H14N2OS. The minimum absolute atomic E-state index is 0.581. The highest BCUT2D eigenvalue weighted by Gasteiger charge is 2.19. The van der Waals surface area contributed by atoms with E-state index in [1.54, 1.807) is 0 Å². The normalized spacial score (nSPS) is 17.0. The Bertz CT molecular complexity index is 342. The molecule has 1 fully saturated rings. The van der Waals surface area contributed by atoms with E-state index in [1.165, 1.54) is 5.56 Å². The van der Waals surface area contributed by atoms with E-state index in [0.29, 0.717) is 13.5 Å². The summed E-state index contributed by atoms with van der Waals surface area (Å²) in [4.78, 5) is 3.98. The highest BCUT2D eigenvalue weighted by molar-refractivity contribution is 7.80. The van der Waals surface area contributed by atoms with Crippen molar-refractivity contribution in [2.45, 2.75) is 6.54 Å². The van der Waals surface area contributed by atoms with E-state index in [9.17, 15) is 0 Å². The molecule has 0 atom stereocenters. The lowest BCUT2D eigenvalue weighted by Gasteiger charge is -2.35. The van der Waals surface area contributed by atoms with Crippen molar-refractivity contribution >= 4 is 17.3 Å². The summed E-state index contributed by atoms with van der Waals surface area (Å²) in [5.74, 6) is 0. The topological polar surface area (TPSA) is 15.7 Å². The summed E-state index contributed by atoms with van der Waals surface area (Å²) in [6, 6.07) is 10.3. The number of nitrogens with zero attached hydrogens (tertiary/aromatic N) is 2. The second-order valence-electron chi connectivity index (χ2n) is 3.63. The van der Waals surface area contributed by atoms with E-state index in [1.807, 2.05) is 35.0 Å². The van der Waals surface area contributed by atoms with Gasteiger partial charge in [0.15, 0.2) is 5.11 Å². The van der Waals surface area contributed by atoms with Crippen LogP contribution < -0.4 is 0 Å². The van der Waals surface area contributed by atoms with Crippen LogP contribution in [0.4, 0.5) is 0 Å². The third-order valence-corrected chi connectivity index (χ3v) is 2.92. The van der Waals surface area contributed by atoms with Gasteiger partial charge in [-0.05, 0) is 17.8 Å². The number of rotatable bonds is 2. The molecule has 3 nitrogen and oxygen atoms in total. The van der Waals surface area contributed by atoms with Crippen LogP contribution in [0.25, 0.3) is 0 Å². The molecule has 1 aliphatic rings. The molecule has 0 amide bonds. The van der Waals surface area contributed by atoms with Crippen molar-refractivity contribution < 1.29 is 4.74 Å². The van der Waals surface area contributed by atoms with Crippen molar-refractivity contribution in [1.82, 2.24) is 9.80 Å². The van der Waals surface area contributed by atoms with Crippen LogP contribution in [0.2, 0.25) is 0 Å². The predicted octanol–water partition coefficient (Wildman–Crippen LogP) is 1.65. The van der Waals surface area contributed by atoms with E-state index >= 15 is 0 Å². The Morgan fingerprint density at radius 3 is 2.73 bits per heavy atom. The fourth-order valence-corrected chi connectivity index (χ4v) is 1.73. The summed E-state index contributed by atoms with van der Waals surface area (Å²) >= 11 is 5.32. The van der Waals surface area contributed by atoms with Crippen LogP contribution in [0.3, 0.4) is 0 Å². The van der Waals surface area contributed by atoms with Gasteiger partial charge in [-0.2, -0.15) is 0 Å². The first kappa shape index (κ1) is 10.4. The molecule has 1 heterocycles. The Morgan fingerprint density at radius 1 is 1.27 bits per heavy atom. The van der Waals surface area contributed by atoms with E-state index < -0.39 is 0 Å². The summed E-state index contributed by atoms with van der Waals surface area (Å²) in [7, 11) is 1.94. The SMILES string of the molecule is CN1COCN(Cc2ccccc2)C1=S. The largest absolute Gasteiger partial charge is 0.341 e. The summed E-state index contributed by atoms with van der Waals surface area (Å²) in [5, 5.41) is 0.852. The van der Waals surface area contributed by atoms with E-state index in [-0.39, 0.29) is 0 Å². The predicted molar refractivity (Wildman–Crippen MR) is 63.2 cm³/mol. The summed E-state index contributed by atoms with van der Waals surface area (Å²) in [5.41, 5.74) is 1.25. The molecule has 0 radical (unpaired) electrons. The summed E-state index contributed by atoms with van der Waals surface area (Å²) < 4.78 is 5.40. The molecule has 1 aliphatic heterocycles. The fraction of sp³-hybridized carbons (Fsp3) is 0.364. The van der Waals surface area contributed by atoms with Gasteiger partial charge in [0.25, 0.3) is 0 Å². The number of hydrogen-bond donors (Lipinski definition) is 0. The minimum atomic E-state index is 0.581. The smallest absolute Gasteiger partial charge is 0.175 e. The molecule has 0 saturated carbocycles. The Labute approximate surface area is 95.2 Å². The molecule has 1 saturated heterocycles. The van der Waals surface area contributed by atoms with Gasteiger partial charge >= 0.3 is 0 Å². The zero-order valence-corrected chi connectivity index (χ0v) is 9.54. The highest BCUT2D eigenvalue weighted by atomic mass is 32.1. The molecule has 4 heteroatoms. The van der Waals surface area contributed by atoms with Gasteiger partial charge in [0, 0.05) is 13.6 Å². The highest BCUT2D eigenvalue weighted by Crippen LogP contribution is 2.10. The number of ether oxygens (including phenoxy) is 1. The van der Waals surface area contributed by atoms with Crippen LogP contribution in [-0.2, 0) is 11.3 Å². The summed E-state index contributed by atoms with van der Waals surface area (Å²) in [6.45, 7) is 1.98. The van der Waals surface area contributed by atoms with Gasteiger partial charge in [0.05, 0.1) is 0 Å². The zero-order chi connectivity index (χ0) is 10.7. The molecule has 0 aromatic heterocycles. The average Bonchev–Trinajstić information content (AvgIpc) is 2.26. The van der Waals surface area contributed by atoms with Gasteiger partial charge in [0.1, 0.15) is 13.5 Å². The first-order valence-electron chi connectivity index (χ1n) is 4.89. The zero-order valence-electron chi connectivity index (χ0n) is 8.72. The Hall–Kier alpha value is -1.13. The van der Waals surface area contributed by atoms with Crippen LogP contribution >= 0.6 is 12.2 Å². The van der Waals surface area contributed by atoms with Crippen molar-refractivity contribution in [3.8, 4) is 0 Å². The van der Waals surface area contributed by atoms with Crippen LogP contribution in [0.1, 0.15) is 5.56 Å². The van der Waals surface area contributed by atoms with Gasteiger partial charge in [-0.25, -0.2) is 0 Å². The molecule has 2 rings (SSSR count). The van der Waals surface area contributed by atoms with Gasteiger partial charge in [-0.3, -0.25) is 0 Å². The maximum Gasteiger partial charge on any atom is 0.175 e. The van der Waals surface area contributed by atoms with Crippen molar-refractivity contribution in [3.63, 3.8) is 0 Å². The lowest BCUT2D eigenvalue weighted by Crippen LogP contribution is -2.47. The first-order valence-corrected chi connectivity index (χ1v) is 5.30. The molecule has 1 aromatic rings. The van der Waals surface area contributed by atoms with Crippen LogP contribution in [0, 0.1) is 0 Å². The van der Waals surface area contributed by atoms with Gasteiger partial charge in [-0.15, -0.1) is 0 Å². The van der Waals surface area contributed by atoms with Gasteiger partial charge in [-0.1, -0.05) is 30.3 Å². The number of thiocarbonyl (C=S) groups is 1. The molecule has 0 unspecified atom stereocenters. The number of benzene rings is 1. The second-order valence-corrected chi connectivity index (χ2v) is 3.99. The Balaban J connectivity index is 2.03. The van der Waals surface area contributed by atoms with E-state index in [4.69, 9.17) is 17.0 Å². The Morgan fingerprint density at radius 2 is 2.00 bits per heavy atom. The van der Waals surface area contributed by atoms with Crippen LogP contribution in [-0.4, -0.2) is 35.4 Å². The molecule has 15 heavy (non-hydrogen) atoms. The first-order chi connectivity index (χ1) is 7.27. The summed E-state index contributed by atoms with van der Waals surface area (Å²) in [6.07, 6.45) is 0. The van der Waals surface area contributed by atoms with E-state index in [0.717, 1.165) is 11.7 Å². The van der Waals surface area contributed by atoms with Gasteiger partial charge in [0.2, 0.25) is 0 Å². The molecule has 1 aromatic carbocycles. The van der Waals surface area contributed by atoms with Crippen molar-refractivity contribution in [2.75, 3.05) is 20.5 Å². The monoisotopic (exact) mass is 222 g/mol. The number of hydrogen-bond acceptors (Lipinski definition) is 2.